The first-order chi connectivity index (χ1) is 7.99. The second-order valence-corrected chi connectivity index (χ2v) is 5.11. The van der Waals surface area contributed by atoms with Gasteiger partial charge in [0.05, 0.1) is 0 Å². The molecule has 17 heavy (non-hydrogen) atoms. The van der Waals surface area contributed by atoms with Crippen molar-refractivity contribution in [1.82, 2.24) is 10.6 Å². The molecular formula is C12H22N2O3. The number of nitrogens with one attached hydrogen (secondary N) is 2. The summed E-state index contributed by atoms with van der Waals surface area (Å²) >= 11 is 0. The highest BCUT2D eigenvalue weighted by Crippen LogP contribution is 2.35. The van der Waals surface area contributed by atoms with Crippen molar-refractivity contribution in [2.45, 2.75) is 33.1 Å². The van der Waals surface area contributed by atoms with Gasteiger partial charge < -0.3 is 15.7 Å². The van der Waals surface area contributed by atoms with Crippen LogP contribution < -0.4 is 10.6 Å². The molecule has 0 spiro atoms. The van der Waals surface area contributed by atoms with Crippen molar-refractivity contribution in [1.29, 1.82) is 0 Å². The van der Waals surface area contributed by atoms with E-state index in [0.29, 0.717) is 19.0 Å². The van der Waals surface area contributed by atoms with Gasteiger partial charge in [-0.15, -0.1) is 0 Å². The van der Waals surface area contributed by atoms with Crippen LogP contribution in [-0.4, -0.2) is 30.2 Å². The lowest BCUT2D eigenvalue weighted by Gasteiger charge is -2.14. The van der Waals surface area contributed by atoms with Crippen LogP contribution in [0.25, 0.3) is 0 Å². The molecule has 0 aromatic heterocycles. The summed E-state index contributed by atoms with van der Waals surface area (Å²) in [6.07, 6.45) is 2.64. The quantitative estimate of drug-likeness (QED) is 0.632. The van der Waals surface area contributed by atoms with Crippen molar-refractivity contribution >= 4 is 12.0 Å². The number of amides is 2. The largest absolute Gasteiger partial charge is 0.481 e. The summed E-state index contributed by atoms with van der Waals surface area (Å²) in [7, 11) is 0. The van der Waals surface area contributed by atoms with Gasteiger partial charge in [-0.1, -0.05) is 13.8 Å². The Balaban J connectivity index is 2.05. The van der Waals surface area contributed by atoms with Gasteiger partial charge in [-0.05, 0) is 30.6 Å². The van der Waals surface area contributed by atoms with Crippen LogP contribution in [0.5, 0.6) is 0 Å². The highest BCUT2D eigenvalue weighted by atomic mass is 16.4. The van der Waals surface area contributed by atoms with E-state index in [1.807, 2.05) is 0 Å². The number of carbonyl (C=O) groups is 2. The van der Waals surface area contributed by atoms with Crippen molar-refractivity contribution < 1.29 is 14.7 Å². The number of rotatable bonds is 7. The van der Waals surface area contributed by atoms with E-state index in [1.54, 1.807) is 6.92 Å². The molecule has 98 valence electrons. The predicted octanol–water partition coefficient (Wildman–Crippen LogP) is 1.44. The van der Waals surface area contributed by atoms with Crippen LogP contribution in [0, 0.1) is 17.8 Å². The fourth-order valence-corrected chi connectivity index (χ4v) is 1.79. The Morgan fingerprint density at radius 3 is 2.35 bits per heavy atom. The van der Waals surface area contributed by atoms with Crippen LogP contribution in [0.3, 0.4) is 0 Å². The molecule has 0 aliphatic heterocycles. The van der Waals surface area contributed by atoms with Gasteiger partial charge in [0.2, 0.25) is 0 Å². The van der Waals surface area contributed by atoms with Crippen LogP contribution in [0.4, 0.5) is 4.79 Å². The van der Waals surface area contributed by atoms with Crippen LogP contribution in [-0.2, 0) is 4.79 Å². The summed E-state index contributed by atoms with van der Waals surface area (Å²) in [5.41, 5.74) is 0. The molecule has 3 N–H and O–H groups in total. The first-order valence-electron chi connectivity index (χ1n) is 6.22. The van der Waals surface area contributed by atoms with Crippen molar-refractivity contribution in [3.8, 4) is 0 Å². The fraction of sp³-hybridized carbons (Fsp3) is 0.833. The van der Waals surface area contributed by atoms with Gasteiger partial charge in [-0.3, -0.25) is 4.79 Å². The molecule has 1 aliphatic rings. The van der Waals surface area contributed by atoms with E-state index in [9.17, 15) is 9.59 Å². The molecule has 1 rings (SSSR count). The Morgan fingerprint density at radius 2 is 1.82 bits per heavy atom. The minimum atomic E-state index is -0.831. The number of hydrogen-bond donors (Lipinski definition) is 3. The topological polar surface area (TPSA) is 78.4 Å². The molecule has 0 saturated heterocycles. The molecule has 1 fully saturated rings. The van der Waals surface area contributed by atoms with Gasteiger partial charge in [0.15, 0.2) is 0 Å². The number of hydrogen-bond acceptors (Lipinski definition) is 2. The normalized spacial score (nSPS) is 18.2. The van der Waals surface area contributed by atoms with Crippen LogP contribution >= 0.6 is 0 Å². The molecule has 5 heteroatoms. The molecular weight excluding hydrogens is 220 g/mol. The average Bonchev–Trinajstić information content (AvgIpc) is 3.05. The summed E-state index contributed by atoms with van der Waals surface area (Å²) in [5.74, 6) is 0.444. The van der Waals surface area contributed by atoms with E-state index in [-0.39, 0.29) is 18.4 Å². The van der Waals surface area contributed by atoms with E-state index in [2.05, 4.69) is 17.6 Å². The molecule has 0 bridgehead atoms. The first-order valence-corrected chi connectivity index (χ1v) is 6.22. The zero-order chi connectivity index (χ0) is 12.8. The van der Waals surface area contributed by atoms with E-state index >= 15 is 0 Å². The number of carboxylic acids is 1. The molecule has 1 aliphatic carbocycles. The number of urea groups is 1. The highest BCUT2D eigenvalue weighted by molar-refractivity contribution is 5.74. The highest BCUT2D eigenvalue weighted by Gasteiger charge is 2.27. The van der Waals surface area contributed by atoms with Gasteiger partial charge in [-0.25, -0.2) is 4.79 Å². The first kappa shape index (κ1) is 13.8. The summed E-state index contributed by atoms with van der Waals surface area (Å²) in [6.45, 7) is 5.05. The number of aliphatic carboxylic acids is 1. The van der Waals surface area contributed by atoms with Crippen molar-refractivity contribution in [3.05, 3.63) is 0 Å². The molecule has 2 unspecified atom stereocenters. The summed E-state index contributed by atoms with van der Waals surface area (Å²) in [4.78, 5) is 21.8. The van der Waals surface area contributed by atoms with Gasteiger partial charge in [0.1, 0.15) is 0 Å². The molecule has 2 amide bonds. The monoisotopic (exact) mass is 242 g/mol. The van der Waals surface area contributed by atoms with Crippen molar-refractivity contribution in [2.24, 2.45) is 17.8 Å². The standard InChI is InChI=1S/C12H22N2O3/c1-8(5-11(15)16)6-13-12(17)14-7-9(2)10-3-4-10/h8-10H,3-7H2,1-2H3,(H,15,16)(H2,13,14,17). The van der Waals surface area contributed by atoms with Crippen molar-refractivity contribution in [3.63, 3.8) is 0 Å². The van der Waals surface area contributed by atoms with Gasteiger partial charge >= 0.3 is 12.0 Å². The summed E-state index contributed by atoms with van der Waals surface area (Å²) < 4.78 is 0. The average molecular weight is 242 g/mol. The minimum absolute atomic E-state index is 0.0425. The van der Waals surface area contributed by atoms with E-state index < -0.39 is 5.97 Å². The minimum Gasteiger partial charge on any atom is -0.481 e. The Hall–Kier alpha value is -1.26. The lowest BCUT2D eigenvalue weighted by Crippen LogP contribution is -2.40. The van der Waals surface area contributed by atoms with Gasteiger partial charge in [0.25, 0.3) is 0 Å². The molecule has 5 nitrogen and oxygen atoms in total. The SMILES string of the molecule is CC(CNC(=O)NCC(C)C1CC1)CC(=O)O. The van der Waals surface area contributed by atoms with Crippen LogP contribution in [0.15, 0.2) is 0 Å². The fourth-order valence-electron chi connectivity index (χ4n) is 1.79. The third-order valence-corrected chi connectivity index (χ3v) is 3.15. The molecule has 1 saturated carbocycles. The second-order valence-electron chi connectivity index (χ2n) is 5.11. The van der Waals surface area contributed by atoms with Crippen LogP contribution in [0.1, 0.15) is 33.1 Å². The van der Waals surface area contributed by atoms with Gasteiger partial charge in [0, 0.05) is 19.5 Å². The zero-order valence-electron chi connectivity index (χ0n) is 10.5. The Morgan fingerprint density at radius 1 is 1.24 bits per heavy atom. The summed E-state index contributed by atoms with van der Waals surface area (Å²) in [6, 6.07) is -0.199. The zero-order valence-corrected chi connectivity index (χ0v) is 10.5. The molecule has 0 aromatic carbocycles. The lowest BCUT2D eigenvalue weighted by atomic mass is 10.1. The summed E-state index contributed by atoms with van der Waals surface area (Å²) in [5, 5.41) is 14.1. The maximum absolute atomic E-state index is 11.4. The molecule has 0 aromatic rings. The van der Waals surface area contributed by atoms with E-state index in [0.717, 1.165) is 5.92 Å². The predicted molar refractivity (Wildman–Crippen MR) is 64.7 cm³/mol. The third kappa shape index (κ3) is 6.14. The molecule has 2 atom stereocenters. The maximum atomic E-state index is 11.4. The third-order valence-electron chi connectivity index (χ3n) is 3.15. The molecule has 0 radical (unpaired) electrons. The van der Waals surface area contributed by atoms with E-state index in [1.165, 1.54) is 12.8 Å². The van der Waals surface area contributed by atoms with Gasteiger partial charge in [-0.2, -0.15) is 0 Å². The van der Waals surface area contributed by atoms with Crippen LogP contribution in [0.2, 0.25) is 0 Å². The van der Waals surface area contributed by atoms with E-state index in [4.69, 9.17) is 5.11 Å². The second kappa shape index (κ2) is 6.47. The maximum Gasteiger partial charge on any atom is 0.314 e. The smallest absolute Gasteiger partial charge is 0.314 e. The number of carboxylic acid groups (broad SMARTS) is 1. The Labute approximate surface area is 102 Å². The lowest BCUT2D eigenvalue weighted by molar-refractivity contribution is -0.137. The Kier molecular flexibility index (Phi) is 5.25. The Bertz CT molecular complexity index is 277. The number of carbonyl (C=O) groups excluding carboxylic acids is 1. The van der Waals surface area contributed by atoms with Crippen molar-refractivity contribution in [2.75, 3.05) is 13.1 Å². The molecule has 0 heterocycles.